The van der Waals surface area contributed by atoms with Crippen molar-refractivity contribution in [3.63, 3.8) is 0 Å². The van der Waals surface area contributed by atoms with E-state index in [1.807, 2.05) is 16.8 Å². The third-order valence-corrected chi connectivity index (χ3v) is 3.62. The summed E-state index contributed by atoms with van der Waals surface area (Å²) < 4.78 is 2.04. The van der Waals surface area contributed by atoms with E-state index in [4.69, 9.17) is 0 Å². The summed E-state index contributed by atoms with van der Waals surface area (Å²) in [5, 5.41) is 0. The van der Waals surface area contributed by atoms with Crippen LogP contribution < -0.4 is 5.43 Å². The Morgan fingerprint density at radius 3 is 2.82 bits per heavy atom. The summed E-state index contributed by atoms with van der Waals surface area (Å²) in [5.41, 5.74) is 6.53. The Morgan fingerprint density at radius 2 is 1.94 bits per heavy atom. The molecule has 1 unspecified atom stereocenters. The first-order valence-corrected chi connectivity index (χ1v) is 6.38. The average molecular weight is 226 g/mol. The van der Waals surface area contributed by atoms with Crippen LogP contribution in [0.15, 0.2) is 48.8 Å². The Hall–Kier alpha value is -1.70. The van der Waals surface area contributed by atoms with E-state index in [9.17, 15) is 0 Å². The molecule has 1 aliphatic carbocycles. The maximum absolute atomic E-state index is 3.45. The van der Waals surface area contributed by atoms with E-state index in [0.717, 1.165) is 6.54 Å². The molecule has 2 nitrogen and oxygen atoms in total. The lowest BCUT2D eigenvalue weighted by molar-refractivity contribution is 0.555. The van der Waals surface area contributed by atoms with Gasteiger partial charge in [0.15, 0.2) is 0 Å². The molecule has 1 aromatic heterocycles. The summed E-state index contributed by atoms with van der Waals surface area (Å²) in [6.07, 6.45) is 7.96. The number of rotatable bonds is 3. The second-order valence-electron chi connectivity index (χ2n) is 4.74. The van der Waals surface area contributed by atoms with Gasteiger partial charge in [-0.25, -0.2) is 0 Å². The predicted molar refractivity (Wildman–Crippen MR) is 70.8 cm³/mol. The molecule has 2 heteroatoms. The third-order valence-electron chi connectivity index (χ3n) is 3.62. The van der Waals surface area contributed by atoms with Crippen molar-refractivity contribution in [2.24, 2.45) is 0 Å². The largest absolute Gasteiger partial charge is 0.326 e. The number of benzene rings is 1. The minimum absolute atomic E-state index is 0.655. The van der Waals surface area contributed by atoms with Crippen LogP contribution >= 0.6 is 0 Å². The summed E-state index contributed by atoms with van der Waals surface area (Å²) in [5.74, 6) is 0.655. The van der Waals surface area contributed by atoms with Crippen molar-refractivity contribution in [2.45, 2.75) is 25.2 Å². The van der Waals surface area contributed by atoms with Crippen molar-refractivity contribution in [2.75, 3.05) is 12.0 Å². The average Bonchev–Trinajstić information content (AvgIpc) is 2.89. The molecule has 1 atom stereocenters. The molecule has 1 heterocycles. The van der Waals surface area contributed by atoms with Gasteiger partial charge in [0.25, 0.3) is 0 Å². The number of hydrogen-bond acceptors (Lipinski definition) is 1. The van der Waals surface area contributed by atoms with Gasteiger partial charge in [-0.15, -0.1) is 0 Å². The standard InChI is InChI=1S/C15H18N2/c1-2-9-15-13(6-1)7-5-8-14(15)12-16-17-10-3-4-11-17/h1-4,6,9-11,14,16H,5,7-8,12H2. The van der Waals surface area contributed by atoms with E-state index in [1.165, 1.54) is 24.8 Å². The minimum atomic E-state index is 0.655. The highest BCUT2D eigenvalue weighted by atomic mass is 15.4. The van der Waals surface area contributed by atoms with Crippen LogP contribution in [0, 0.1) is 0 Å². The van der Waals surface area contributed by atoms with Crippen LogP contribution in [0.5, 0.6) is 0 Å². The van der Waals surface area contributed by atoms with Crippen LogP contribution in [0.2, 0.25) is 0 Å². The van der Waals surface area contributed by atoms with Crippen LogP contribution in [0.4, 0.5) is 0 Å². The second kappa shape index (κ2) is 4.66. The van der Waals surface area contributed by atoms with Gasteiger partial charge < -0.3 is 5.43 Å². The lowest BCUT2D eigenvalue weighted by Crippen LogP contribution is -2.23. The molecule has 17 heavy (non-hydrogen) atoms. The molecule has 0 radical (unpaired) electrons. The van der Waals surface area contributed by atoms with Gasteiger partial charge in [0.1, 0.15) is 0 Å². The molecule has 0 spiro atoms. The number of aryl methyl sites for hydroxylation is 1. The third kappa shape index (κ3) is 2.21. The van der Waals surface area contributed by atoms with E-state index in [1.54, 1.807) is 5.56 Å². The highest BCUT2D eigenvalue weighted by Crippen LogP contribution is 2.30. The lowest BCUT2D eigenvalue weighted by atomic mass is 9.83. The molecule has 0 amide bonds. The number of fused-ring (bicyclic) bond motifs is 1. The Kier molecular flexibility index (Phi) is 2.87. The summed E-state index contributed by atoms with van der Waals surface area (Å²) in [6.45, 7) is 1.02. The molecule has 1 N–H and O–H groups in total. The number of aromatic nitrogens is 1. The monoisotopic (exact) mass is 226 g/mol. The molecule has 88 valence electrons. The van der Waals surface area contributed by atoms with Crippen molar-refractivity contribution < 1.29 is 0 Å². The summed E-state index contributed by atoms with van der Waals surface area (Å²) >= 11 is 0. The maximum Gasteiger partial charge on any atom is 0.0382 e. The maximum atomic E-state index is 3.45. The predicted octanol–water partition coefficient (Wildman–Crippen LogP) is 3.15. The Bertz CT molecular complexity index is 473. The van der Waals surface area contributed by atoms with E-state index < -0.39 is 0 Å². The zero-order chi connectivity index (χ0) is 11.5. The van der Waals surface area contributed by atoms with Gasteiger partial charge in [-0.05, 0) is 42.5 Å². The van der Waals surface area contributed by atoms with Gasteiger partial charge >= 0.3 is 0 Å². The number of nitrogens with zero attached hydrogens (tertiary/aromatic N) is 1. The molecular weight excluding hydrogens is 208 g/mol. The zero-order valence-electron chi connectivity index (χ0n) is 9.97. The van der Waals surface area contributed by atoms with E-state index in [2.05, 4.69) is 42.1 Å². The molecule has 0 bridgehead atoms. The first-order valence-electron chi connectivity index (χ1n) is 6.38. The van der Waals surface area contributed by atoms with E-state index in [0.29, 0.717) is 5.92 Å². The molecule has 0 saturated heterocycles. The van der Waals surface area contributed by atoms with Crippen LogP contribution in [0.25, 0.3) is 0 Å². The smallest absolute Gasteiger partial charge is 0.0382 e. The Morgan fingerprint density at radius 1 is 1.12 bits per heavy atom. The molecule has 3 rings (SSSR count). The zero-order valence-corrected chi connectivity index (χ0v) is 9.97. The Labute approximate surface area is 102 Å². The van der Waals surface area contributed by atoms with Gasteiger partial charge in [0.2, 0.25) is 0 Å². The Balaban J connectivity index is 1.72. The van der Waals surface area contributed by atoms with Crippen molar-refractivity contribution >= 4 is 0 Å². The normalized spacial score (nSPS) is 18.7. The highest BCUT2D eigenvalue weighted by Gasteiger charge is 2.19. The molecule has 0 aliphatic heterocycles. The summed E-state index contributed by atoms with van der Waals surface area (Å²) in [4.78, 5) is 0. The van der Waals surface area contributed by atoms with Crippen molar-refractivity contribution in [1.29, 1.82) is 0 Å². The van der Waals surface area contributed by atoms with Gasteiger partial charge in [-0.2, -0.15) is 0 Å². The summed E-state index contributed by atoms with van der Waals surface area (Å²) in [6, 6.07) is 13.0. The number of nitrogens with one attached hydrogen (secondary N) is 1. The lowest BCUT2D eigenvalue weighted by Gasteiger charge is -2.26. The van der Waals surface area contributed by atoms with Crippen molar-refractivity contribution in [3.05, 3.63) is 59.9 Å². The quantitative estimate of drug-likeness (QED) is 0.850. The van der Waals surface area contributed by atoms with Crippen LogP contribution in [-0.4, -0.2) is 11.2 Å². The number of hydrogen-bond donors (Lipinski definition) is 1. The molecular formula is C15H18N2. The van der Waals surface area contributed by atoms with E-state index in [-0.39, 0.29) is 0 Å². The van der Waals surface area contributed by atoms with E-state index >= 15 is 0 Å². The van der Waals surface area contributed by atoms with Crippen molar-refractivity contribution in [3.8, 4) is 0 Å². The fourth-order valence-electron chi connectivity index (χ4n) is 2.72. The van der Waals surface area contributed by atoms with Gasteiger partial charge in [-0.1, -0.05) is 24.3 Å². The first kappa shape index (κ1) is 10.5. The van der Waals surface area contributed by atoms with Crippen LogP contribution in [0.3, 0.4) is 0 Å². The first-order chi connectivity index (χ1) is 8.43. The summed E-state index contributed by atoms with van der Waals surface area (Å²) in [7, 11) is 0. The molecule has 2 aromatic rings. The topological polar surface area (TPSA) is 17.0 Å². The van der Waals surface area contributed by atoms with Gasteiger partial charge in [0, 0.05) is 24.9 Å². The van der Waals surface area contributed by atoms with Crippen LogP contribution in [0.1, 0.15) is 29.9 Å². The SMILES string of the molecule is c1ccc2c(c1)CCCC2CNn1cccc1. The van der Waals surface area contributed by atoms with Crippen LogP contribution in [-0.2, 0) is 6.42 Å². The minimum Gasteiger partial charge on any atom is -0.326 e. The highest BCUT2D eigenvalue weighted by molar-refractivity contribution is 5.33. The van der Waals surface area contributed by atoms with Gasteiger partial charge in [0.05, 0.1) is 0 Å². The second-order valence-corrected chi connectivity index (χ2v) is 4.74. The fraction of sp³-hybridized carbons (Fsp3) is 0.333. The molecule has 0 saturated carbocycles. The van der Waals surface area contributed by atoms with Crippen molar-refractivity contribution in [1.82, 2.24) is 4.68 Å². The molecule has 1 aliphatic rings. The molecule has 0 fully saturated rings. The van der Waals surface area contributed by atoms with Gasteiger partial charge in [-0.3, -0.25) is 4.68 Å². The fourth-order valence-corrected chi connectivity index (χ4v) is 2.72. The molecule has 1 aromatic carbocycles.